The molecule has 0 amide bonds. The number of methoxy groups -OCH3 is 2. The first-order valence-corrected chi connectivity index (χ1v) is 10.3. The Balaban J connectivity index is 1.70. The van der Waals surface area contributed by atoms with E-state index in [-0.39, 0.29) is 19.6 Å². The molecule has 1 unspecified atom stereocenters. The van der Waals surface area contributed by atoms with Gasteiger partial charge in [0.1, 0.15) is 47.1 Å². The number of alkyl halides is 1. The first-order valence-electron chi connectivity index (χ1n) is 10.3. The topological polar surface area (TPSA) is 66.4 Å². The number of fused-ring (bicyclic) bond motifs is 6. The highest BCUT2D eigenvalue weighted by Gasteiger charge is 2.43. The summed E-state index contributed by atoms with van der Waals surface area (Å²) in [5.41, 5.74) is 2.82. The van der Waals surface area contributed by atoms with Gasteiger partial charge in [-0.05, 0) is 38.1 Å². The van der Waals surface area contributed by atoms with Crippen molar-refractivity contribution in [2.24, 2.45) is 0 Å². The Morgan fingerprint density at radius 3 is 2.65 bits per heavy atom. The van der Waals surface area contributed by atoms with Gasteiger partial charge in [-0.15, -0.1) is 0 Å². The molecule has 0 spiro atoms. The molecule has 0 bridgehead atoms. The first-order chi connectivity index (χ1) is 14.9. The van der Waals surface area contributed by atoms with Gasteiger partial charge in [0.25, 0.3) is 0 Å². The van der Waals surface area contributed by atoms with Crippen LogP contribution in [0.25, 0.3) is 11.3 Å². The predicted octanol–water partition coefficient (Wildman–Crippen LogP) is 3.91. The maximum atomic E-state index is 14.8. The summed E-state index contributed by atoms with van der Waals surface area (Å²) in [5.74, 6) is 3.04. The van der Waals surface area contributed by atoms with Gasteiger partial charge in [-0.2, -0.15) is 0 Å². The second kappa shape index (κ2) is 7.05. The summed E-state index contributed by atoms with van der Waals surface area (Å²) in [4.78, 5) is 0. The number of hydrogen-bond acceptors (Lipinski definition) is 6. The molecule has 3 heterocycles. The highest BCUT2D eigenvalue weighted by molar-refractivity contribution is 5.96. The van der Waals surface area contributed by atoms with Gasteiger partial charge in [-0.25, -0.2) is 4.39 Å². The van der Waals surface area contributed by atoms with Crippen molar-refractivity contribution in [3.63, 3.8) is 0 Å². The molecule has 5 rings (SSSR count). The molecule has 0 aliphatic carbocycles. The van der Waals surface area contributed by atoms with Crippen LogP contribution in [0.4, 0.5) is 4.39 Å². The Bertz CT molecular complexity index is 1090. The second-order valence-corrected chi connectivity index (χ2v) is 8.48. The van der Waals surface area contributed by atoms with E-state index in [2.05, 4.69) is 0 Å². The van der Waals surface area contributed by atoms with Crippen molar-refractivity contribution >= 4 is 11.3 Å². The summed E-state index contributed by atoms with van der Waals surface area (Å²) in [7, 11) is 3.17. The van der Waals surface area contributed by atoms with Crippen molar-refractivity contribution in [2.75, 3.05) is 20.8 Å². The van der Waals surface area contributed by atoms with Crippen LogP contribution < -0.4 is 18.9 Å². The van der Waals surface area contributed by atoms with Crippen LogP contribution in [0, 0.1) is 0 Å². The zero-order valence-electron chi connectivity index (χ0n) is 18.0. The molecule has 0 radical (unpaired) electrons. The van der Waals surface area contributed by atoms with Crippen molar-refractivity contribution in [2.45, 2.75) is 44.8 Å². The van der Waals surface area contributed by atoms with Crippen molar-refractivity contribution in [3.05, 3.63) is 46.5 Å². The molecule has 1 N–H and O–H groups in total. The molecule has 2 aromatic carbocycles. The van der Waals surface area contributed by atoms with Crippen molar-refractivity contribution in [1.82, 2.24) is 0 Å². The molecule has 3 aliphatic rings. The van der Waals surface area contributed by atoms with E-state index in [0.29, 0.717) is 39.9 Å². The van der Waals surface area contributed by atoms with Crippen LogP contribution >= 0.6 is 0 Å². The van der Waals surface area contributed by atoms with Crippen LogP contribution in [0.5, 0.6) is 23.0 Å². The van der Waals surface area contributed by atoms with Crippen LogP contribution in [-0.2, 0) is 17.8 Å². The fourth-order valence-corrected chi connectivity index (χ4v) is 4.52. The lowest BCUT2D eigenvalue weighted by Gasteiger charge is -2.39. The molecule has 6 nitrogen and oxygen atoms in total. The maximum Gasteiger partial charge on any atom is 0.162 e. The minimum atomic E-state index is -1.16. The molecular formula is C24H25FO6. The lowest BCUT2D eigenvalue weighted by atomic mass is 9.86. The van der Waals surface area contributed by atoms with Crippen LogP contribution in [0.1, 0.15) is 36.1 Å². The summed E-state index contributed by atoms with van der Waals surface area (Å²) < 4.78 is 44.3. The van der Waals surface area contributed by atoms with Gasteiger partial charge in [-0.1, -0.05) is 0 Å². The molecule has 3 aliphatic heterocycles. The van der Waals surface area contributed by atoms with Crippen molar-refractivity contribution < 1.29 is 33.2 Å². The van der Waals surface area contributed by atoms with Gasteiger partial charge < -0.3 is 28.8 Å². The van der Waals surface area contributed by atoms with E-state index in [4.69, 9.17) is 23.7 Å². The van der Waals surface area contributed by atoms with E-state index in [0.717, 1.165) is 16.7 Å². The molecule has 2 atom stereocenters. The Morgan fingerprint density at radius 2 is 1.94 bits per heavy atom. The molecule has 2 aromatic rings. The molecule has 164 valence electrons. The van der Waals surface area contributed by atoms with Gasteiger partial charge in [-0.3, -0.25) is 0 Å². The van der Waals surface area contributed by atoms with Crippen LogP contribution in [0.15, 0.2) is 24.3 Å². The summed E-state index contributed by atoms with van der Waals surface area (Å²) in [6, 6.07) is 7.34. The Labute approximate surface area is 180 Å². The minimum Gasteiger partial charge on any atom is -0.496 e. The largest absolute Gasteiger partial charge is 0.496 e. The Morgan fingerprint density at radius 1 is 1.13 bits per heavy atom. The number of benzene rings is 2. The van der Waals surface area contributed by atoms with Crippen LogP contribution in [0.2, 0.25) is 0 Å². The highest BCUT2D eigenvalue weighted by Crippen LogP contribution is 2.51. The van der Waals surface area contributed by atoms with E-state index in [1.807, 2.05) is 18.2 Å². The summed E-state index contributed by atoms with van der Waals surface area (Å²) >= 11 is 0. The van der Waals surface area contributed by atoms with Crippen molar-refractivity contribution in [3.8, 4) is 23.0 Å². The van der Waals surface area contributed by atoms with Gasteiger partial charge in [0.15, 0.2) is 6.10 Å². The van der Waals surface area contributed by atoms with Crippen molar-refractivity contribution in [1.29, 1.82) is 0 Å². The Kier molecular flexibility index (Phi) is 4.55. The van der Waals surface area contributed by atoms with E-state index in [1.165, 1.54) is 0 Å². The van der Waals surface area contributed by atoms with E-state index in [1.54, 1.807) is 34.1 Å². The lowest BCUT2D eigenvalue weighted by molar-refractivity contribution is 0.00415. The van der Waals surface area contributed by atoms with Gasteiger partial charge >= 0.3 is 0 Å². The van der Waals surface area contributed by atoms with E-state index in [9.17, 15) is 9.50 Å². The van der Waals surface area contributed by atoms with Crippen LogP contribution in [-0.4, -0.2) is 43.8 Å². The fourth-order valence-electron chi connectivity index (χ4n) is 4.52. The lowest BCUT2D eigenvalue weighted by Crippen LogP contribution is -2.44. The molecule has 0 aromatic heterocycles. The minimum absolute atomic E-state index is 0.161. The van der Waals surface area contributed by atoms with E-state index < -0.39 is 17.9 Å². The molecular weight excluding hydrogens is 402 g/mol. The van der Waals surface area contributed by atoms with Gasteiger partial charge in [0.2, 0.25) is 0 Å². The molecule has 7 heteroatoms. The number of rotatable bonds is 3. The van der Waals surface area contributed by atoms with Gasteiger partial charge in [0.05, 0.1) is 26.4 Å². The third-order valence-electron chi connectivity index (χ3n) is 6.24. The quantitative estimate of drug-likeness (QED) is 0.801. The standard InChI is InChI=1S/C24H25FO6/c1-24(2)20(25)9-15-16(31-24)6-5-13-22(15)30-19-11-29-18-7-12(10-26)17(27-3)8-14(18)21(19)23(13)28-4/h5-8,19-20,26H,9-11H2,1-4H3/t19-,20?/m1/s1/i25-1. The summed E-state index contributed by atoms with van der Waals surface area (Å²) in [6.45, 7) is 3.60. The molecule has 31 heavy (non-hydrogen) atoms. The SMILES string of the molecule is COC1=C2c3cc(OC)c(CO)cc3OC[C@H]2Oc2c1ccc1c2CC([18F])C(C)(C)O1. The normalized spacial score (nSPS) is 22.6. The zero-order chi connectivity index (χ0) is 21.9. The average molecular weight is 427 g/mol. The smallest absolute Gasteiger partial charge is 0.162 e. The zero-order valence-corrected chi connectivity index (χ0v) is 18.0. The first kappa shape index (κ1) is 20.0. The number of aliphatic hydroxyl groups excluding tert-OH is 1. The summed E-state index contributed by atoms with van der Waals surface area (Å²) in [5, 5.41) is 9.64. The monoisotopic (exact) mass is 427 g/mol. The molecule has 0 saturated carbocycles. The number of hydrogen-bond donors (Lipinski definition) is 1. The number of aliphatic hydroxyl groups is 1. The highest BCUT2D eigenvalue weighted by atomic mass is 18.2. The molecule has 0 saturated heterocycles. The molecule has 0 fully saturated rings. The van der Waals surface area contributed by atoms with E-state index >= 15 is 0 Å². The van der Waals surface area contributed by atoms with Crippen LogP contribution in [0.3, 0.4) is 0 Å². The average Bonchev–Trinajstić information content (AvgIpc) is 2.77. The Hall–Kier alpha value is -2.93. The summed E-state index contributed by atoms with van der Waals surface area (Å²) in [6.07, 6.45) is -1.38. The maximum absolute atomic E-state index is 14.8. The third-order valence-corrected chi connectivity index (χ3v) is 6.24. The van der Waals surface area contributed by atoms with Gasteiger partial charge in [0, 0.05) is 28.7 Å². The fraction of sp³-hybridized carbons (Fsp3) is 0.417. The second-order valence-electron chi connectivity index (χ2n) is 8.48. The third kappa shape index (κ3) is 2.94. The number of ether oxygens (including phenoxy) is 5. The predicted molar refractivity (Wildman–Crippen MR) is 112 cm³/mol. The number of halogens is 1.